The molecule has 0 saturated heterocycles. The van der Waals surface area contributed by atoms with Gasteiger partial charge in [-0.3, -0.25) is 9.35 Å². The van der Waals surface area contributed by atoms with Gasteiger partial charge in [-0.15, -0.1) is 0 Å². The van der Waals surface area contributed by atoms with E-state index in [2.05, 4.69) is 26.1 Å². The third-order valence-electron chi connectivity index (χ3n) is 12.7. The first-order valence-electron chi connectivity index (χ1n) is 16.6. The van der Waals surface area contributed by atoms with Gasteiger partial charge in [0.15, 0.2) is 0 Å². The van der Waals surface area contributed by atoms with Crippen LogP contribution < -0.4 is 5.32 Å². The molecule has 4 aliphatic carbocycles. The van der Waals surface area contributed by atoms with Crippen molar-refractivity contribution in [1.82, 2.24) is 5.32 Å². The molecule has 6 N–H and O–H groups in total. The lowest BCUT2D eigenvalue weighted by molar-refractivity contribution is -0.893. The average Bonchev–Trinajstić information content (AvgIpc) is 3.24. The number of quaternary nitrogens is 1. The lowest BCUT2D eigenvalue weighted by Crippen LogP contribution is -2.62. The molecule has 0 unspecified atom stereocenters. The zero-order valence-corrected chi connectivity index (χ0v) is 27.8. The first-order chi connectivity index (χ1) is 19.9. The molecule has 12 atom stereocenters. The molecule has 10 nitrogen and oxygen atoms in total. The highest BCUT2D eigenvalue weighted by Crippen LogP contribution is 2.68. The highest BCUT2D eigenvalue weighted by molar-refractivity contribution is 7.85. The summed E-state index contributed by atoms with van der Waals surface area (Å²) in [5.41, 5.74) is -0.222. The first-order valence-corrected chi connectivity index (χ1v) is 18.2. The Balaban J connectivity index is 1.27. The van der Waals surface area contributed by atoms with E-state index >= 15 is 0 Å². The summed E-state index contributed by atoms with van der Waals surface area (Å²) >= 11 is 0. The summed E-state index contributed by atoms with van der Waals surface area (Å²) in [6, 6.07) is 0. The molecule has 0 radical (unpaired) electrons. The smallest absolute Gasteiger partial charge is 0.267 e. The van der Waals surface area contributed by atoms with Crippen molar-refractivity contribution in [2.45, 2.75) is 109 Å². The molecule has 0 aromatic carbocycles. The van der Waals surface area contributed by atoms with Crippen LogP contribution in [0.15, 0.2) is 0 Å². The van der Waals surface area contributed by atoms with Crippen LogP contribution in [0.4, 0.5) is 0 Å². The molecule has 0 aliphatic heterocycles. The van der Waals surface area contributed by atoms with Gasteiger partial charge < -0.3 is 30.2 Å². The van der Waals surface area contributed by atoms with Crippen molar-refractivity contribution in [3.05, 3.63) is 0 Å². The topological polar surface area (TPSA) is 164 Å². The van der Waals surface area contributed by atoms with Crippen LogP contribution >= 0.6 is 0 Å². The Hall–Kier alpha value is -0.820. The average molecular weight is 632 g/mol. The van der Waals surface area contributed by atoms with Gasteiger partial charge in [-0.1, -0.05) is 20.8 Å². The molecule has 4 fully saturated rings. The minimum atomic E-state index is -4.23. The monoisotopic (exact) mass is 631 g/mol. The Morgan fingerprint density at radius 2 is 1.74 bits per heavy atom. The number of rotatable bonds is 12. The van der Waals surface area contributed by atoms with Gasteiger partial charge in [0.25, 0.3) is 10.1 Å². The van der Waals surface area contributed by atoms with E-state index in [1.54, 1.807) is 0 Å². The predicted octanol–water partition coefficient (Wildman–Crippen LogP) is 2.20. The molecule has 0 spiro atoms. The van der Waals surface area contributed by atoms with Gasteiger partial charge in [-0.25, -0.2) is 0 Å². The van der Waals surface area contributed by atoms with Crippen LogP contribution in [0, 0.1) is 46.3 Å². The standard InChI is InChI=1S/C32H58N2O8S/c1-20(7-10-29(39)33-13-6-14-34(4,5)18-23(36)19-43(40,41)42)24-8-9-25-30-26(17-28(38)32(24,25)3)31(2)12-11-22(35)15-21(31)16-27(30)37/h20-28,30,35-38H,6-19H2,1-5H3,(H-,33,39,40,41,42)/p+1/t20-,21-,22-,23+,24-,25+,26+,27-,28+,30+,31+,32-/m1/s1. The van der Waals surface area contributed by atoms with Crippen LogP contribution in [0.3, 0.4) is 0 Å². The largest absolute Gasteiger partial charge is 0.393 e. The lowest BCUT2D eigenvalue weighted by atomic mass is 9.43. The van der Waals surface area contributed by atoms with E-state index in [0.29, 0.717) is 48.7 Å². The second-order valence-corrected chi connectivity index (χ2v) is 17.5. The summed E-state index contributed by atoms with van der Waals surface area (Å²) in [4.78, 5) is 12.7. The first kappa shape index (κ1) is 35.0. The highest BCUT2D eigenvalue weighted by atomic mass is 32.2. The third-order valence-corrected chi connectivity index (χ3v) is 13.5. The molecular formula is C32H59N2O8S+. The van der Waals surface area contributed by atoms with Gasteiger partial charge in [-0.05, 0) is 97.7 Å². The van der Waals surface area contributed by atoms with Gasteiger partial charge >= 0.3 is 0 Å². The molecule has 4 rings (SSSR count). The van der Waals surface area contributed by atoms with E-state index in [1.165, 1.54) is 0 Å². The number of carbonyl (C=O) groups is 1. The van der Waals surface area contributed by atoms with Gasteiger partial charge in [0.05, 0.1) is 39.0 Å². The number of fused-ring (bicyclic) bond motifs is 5. The van der Waals surface area contributed by atoms with Crippen LogP contribution in [0.25, 0.3) is 0 Å². The molecule has 4 saturated carbocycles. The highest BCUT2D eigenvalue weighted by Gasteiger charge is 2.65. The summed E-state index contributed by atoms with van der Waals surface area (Å²) in [6.45, 7) is 8.10. The molecule has 43 heavy (non-hydrogen) atoms. The molecule has 0 aromatic heterocycles. The molecule has 0 aromatic rings. The summed E-state index contributed by atoms with van der Waals surface area (Å²) in [7, 11) is -0.484. The predicted molar refractivity (Wildman–Crippen MR) is 164 cm³/mol. The Morgan fingerprint density at radius 1 is 1.05 bits per heavy atom. The van der Waals surface area contributed by atoms with Gasteiger partial charge in [-0.2, -0.15) is 8.42 Å². The maximum atomic E-state index is 12.7. The number of nitrogens with zero attached hydrogens (tertiary/aromatic N) is 1. The summed E-state index contributed by atoms with van der Waals surface area (Å²) < 4.78 is 31.3. The van der Waals surface area contributed by atoms with Crippen LogP contribution in [0.1, 0.15) is 85.0 Å². The number of amides is 1. The third kappa shape index (κ3) is 7.60. The summed E-state index contributed by atoms with van der Waals surface area (Å²) in [5, 5.41) is 46.5. The molecule has 11 heteroatoms. The van der Waals surface area contributed by atoms with Crippen molar-refractivity contribution in [3.8, 4) is 0 Å². The van der Waals surface area contributed by atoms with Crippen molar-refractivity contribution in [2.24, 2.45) is 46.3 Å². The number of nitrogens with one attached hydrogen (secondary N) is 1. The number of likely N-dealkylation sites (N-methyl/N-ethyl adjacent to an activating group) is 1. The maximum Gasteiger partial charge on any atom is 0.267 e. The maximum absolute atomic E-state index is 12.7. The lowest BCUT2D eigenvalue weighted by Gasteiger charge is -2.63. The number of hydrogen-bond donors (Lipinski definition) is 6. The Kier molecular flexibility index (Phi) is 10.7. The van der Waals surface area contributed by atoms with Gasteiger partial charge in [0.1, 0.15) is 18.4 Å². The van der Waals surface area contributed by atoms with Crippen LogP contribution in [-0.4, -0.2) is 108 Å². The van der Waals surface area contributed by atoms with E-state index in [-0.39, 0.29) is 59.2 Å². The van der Waals surface area contributed by atoms with E-state index < -0.39 is 28.1 Å². The Morgan fingerprint density at radius 3 is 2.42 bits per heavy atom. The SMILES string of the molecule is C[C@H](CCC(=O)NCCC[N+](C)(C)C[C@H](O)CS(=O)(=O)O)[C@H]1CC[C@H]2[C@@H]3[C@H](O)C[C@H]4C[C@H](O)CC[C@]4(C)[C@H]3C[C@H](O)[C@]12C. The minimum Gasteiger partial charge on any atom is -0.393 e. The quantitative estimate of drug-likeness (QED) is 0.108. The molecule has 250 valence electrons. The zero-order chi connectivity index (χ0) is 32.0. The molecule has 1 amide bonds. The normalized spacial score (nSPS) is 41.1. The minimum absolute atomic E-state index is 0.00585. The van der Waals surface area contributed by atoms with Crippen LogP contribution in [-0.2, 0) is 14.9 Å². The second-order valence-electron chi connectivity index (χ2n) is 16.0. The fourth-order valence-electron chi connectivity index (χ4n) is 10.5. The second kappa shape index (κ2) is 13.1. The van der Waals surface area contributed by atoms with E-state index in [4.69, 9.17) is 4.55 Å². The Labute approximate surface area is 259 Å². The molecule has 4 aliphatic rings. The van der Waals surface area contributed by atoms with Crippen LogP contribution in [0.2, 0.25) is 0 Å². The Bertz CT molecular complexity index is 1090. The van der Waals surface area contributed by atoms with Gasteiger partial charge in [0, 0.05) is 19.4 Å². The van der Waals surface area contributed by atoms with Crippen molar-refractivity contribution in [3.63, 3.8) is 0 Å². The van der Waals surface area contributed by atoms with E-state index in [0.717, 1.165) is 44.9 Å². The van der Waals surface area contributed by atoms with Gasteiger partial charge in [0.2, 0.25) is 5.91 Å². The van der Waals surface area contributed by atoms with Crippen molar-refractivity contribution in [1.29, 1.82) is 0 Å². The zero-order valence-electron chi connectivity index (χ0n) is 27.0. The van der Waals surface area contributed by atoms with E-state index in [9.17, 15) is 33.6 Å². The number of carbonyl (C=O) groups excluding carboxylic acids is 1. The van der Waals surface area contributed by atoms with Crippen molar-refractivity contribution >= 4 is 16.0 Å². The number of hydrogen-bond acceptors (Lipinski definition) is 7. The van der Waals surface area contributed by atoms with Crippen LogP contribution in [0.5, 0.6) is 0 Å². The number of aliphatic hydroxyl groups excluding tert-OH is 4. The van der Waals surface area contributed by atoms with E-state index in [1.807, 2.05) is 14.1 Å². The molecule has 0 bridgehead atoms. The van der Waals surface area contributed by atoms with Crippen molar-refractivity contribution < 1.29 is 42.7 Å². The number of aliphatic hydroxyl groups is 4. The fourth-order valence-corrected chi connectivity index (χ4v) is 11.1. The summed E-state index contributed by atoms with van der Waals surface area (Å²) in [6.07, 6.45) is 5.56. The molecular weight excluding hydrogens is 572 g/mol. The van der Waals surface area contributed by atoms with Crippen molar-refractivity contribution in [2.75, 3.05) is 39.5 Å². The fraction of sp³-hybridized carbons (Fsp3) is 0.969. The summed E-state index contributed by atoms with van der Waals surface area (Å²) in [5.74, 6) is 0.890. The molecule has 0 heterocycles.